The van der Waals surface area contributed by atoms with Gasteiger partial charge in [0.1, 0.15) is 13.2 Å². The molecule has 0 spiro atoms. The summed E-state index contributed by atoms with van der Waals surface area (Å²) in [5.74, 6) is 1.51. The molecular formula is C24H26N2O5S2. The van der Waals surface area contributed by atoms with Crippen LogP contribution in [0.25, 0.3) is 10.2 Å². The van der Waals surface area contributed by atoms with Crippen molar-refractivity contribution in [2.24, 2.45) is 4.99 Å². The highest BCUT2D eigenvalue weighted by Gasteiger charge is 2.17. The van der Waals surface area contributed by atoms with Gasteiger partial charge >= 0.3 is 5.97 Å². The SMILES string of the molecule is CCOC(=O)CCn1c(=NC(=O)CCSc2ccc(C)cc2)sc2cc3c(cc21)OCCO3. The lowest BCUT2D eigenvalue weighted by Gasteiger charge is -2.18. The molecule has 0 bridgehead atoms. The lowest BCUT2D eigenvalue weighted by molar-refractivity contribution is -0.143. The van der Waals surface area contributed by atoms with Crippen molar-refractivity contribution in [2.75, 3.05) is 25.6 Å². The first-order valence-corrected chi connectivity index (χ1v) is 12.7. The minimum absolute atomic E-state index is 0.191. The van der Waals surface area contributed by atoms with Crippen molar-refractivity contribution in [2.45, 2.75) is 38.1 Å². The lowest BCUT2D eigenvalue weighted by Crippen LogP contribution is -2.20. The van der Waals surface area contributed by atoms with E-state index in [0.29, 0.717) is 54.8 Å². The third-order valence-corrected chi connectivity index (χ3v) is 7.07. The van der Waals surface area contributed by atoms with E-state index in [1.54, 1.807) is 18.7 Å². The number of hydrogen-bond donors (Lipinski definition) is 0. The lowest BCUT2D eigenvalue weighted by atomic mass is 10.2. The van der Waals surface area contributed by atoms with Crippen molar-refractivity contribution in [3.8, 4) is 11.5 Å². The number of hydrogen-bond acceptors (Lipinski definition) is 7. The van der Waals surface area contributed by atoms with Crippen molar-refractivity contribution >= 4 is 45.2 Å². The zero-order valence-electron chi connectivity index (χ0n) is 18.7. The fraction of sp³-hybridized carbons (Fsp3) is 0.375. The molecule has 1 aliphatic heterocycles. The average molecular weight is 487 g/mol. The number of carbonyl (C=O) groups excluding carboxylic acids is 2. The molecule has 3 aromatic rings. The summed E-state index contributed by atoms with van der Waals surface area (Å²) in [5.41, 5.74) is 2.06. The Balaban J connectivity index is 1.56. The normalized spacial score (nSPS) is 13.3. The van der Waals surface area contributed by atoms with Crippen LogP contribution < -0.4 is 14.3 Å². The Morgan fingerprint density at radius 3 is 2.58 bits per heavy atom. The van der Waals surface area contributed by atoms with Crippen LogP contribution in [0.5, 0.6) is 11.5 Å². The molecular weight excluding hydrogens is 460 g/mol. The first kappa shape index (κ1) is 23.4. The van der Waals surface area contributed by atoms with Crippen LogP contribution in [0.1, 0.15) is 25.3 Å². The summed E-state index contributed by atoms with van der Waals surface area (Å²) in [6.07, 6.45) is 0.520. The summed E-state index contributed by atoms with van der Waals surface area (Å²) in [5, 5.41) is 0. The number of thiazole rings is 1. The van der Waals surface area contributed by atoms with Crippen LogP contribution in [0.4, 0.5) is 0 Å². The zero-order chi connectivity index (χ0) is 23.2. The molecule has 0 saturated carbocycles. The van der Waals surface area contributed by atoms with Crippen LogP contribution in [-0.2, 0) is 20.9 Å². The quantitative estimate of drug-likeness (QED) is 0.348. The molecule has 9 heteroatoms. The van der Waals surface area contributed by atoms with Gasteiger partial charge in [0.15, 0.2) is 16.3 Å². The van der Waals surface area contributed by atoms with Crippen molar-refractivity contribution in [1.82, 2.24) is 4.57 Å². The number of carbonyl (C=O) groups is 2. The molecule has 174 valence electrons. The average Bonchev–Trinajstić information content (AvgIpc) is 3.13. The second-order valence-corrected chi connectivity index (χ2v) is 9.65. The Labute approximate surface area is 200 Å². The summed E-state index contributed by atoms with van der Waals surface area (Å²) in [6.45, 7) is 5.51. The van der Waals surface area contributed by atoms with E-state index in [9.17, 15) is 9.59 Å². The van der Waals surface area contributed by atoms with Crippen molar-refractivity contribution < 1.29 is 23.8 Å². The van der Waals surface area contributed by atoms with E-state index in [0.717, 1.165) is 15.1 Å². The van der Waals surface area contributed by atoms with Crippen LogP contribution in [0.3, 0.4) is 0 Å². The number of ether oxygens (including phenoxy) is 3. The third kappa shape index (κ3) is 5.97. The first-order valence-electron chi connectivity index (χ1n) is 10.9. The highest BCUT2D eigenvalue weighted by Crippen LogP contribution is 2.35. The zero-order valence-corrected chi connectivity index (χ0v) is 20.3. The minimum Gasteiger partial charge on any atom is -0.486 e. The van der Waals surface area contributed by atoms with Gasteiger partial charge in [-0.1, -0.05) is 29.0 Å². The van der Waals surface area contributed by atoms with Crippen LogP contribution in [-0.4, -0.2) is 42.0 Å². The Hall–Kier alpha value is -2.78. The van der Waals surface area contributed by atoms with Gasteiger partial charge in [0.2, 0.25) is 5.91 Å². The van der Waals surface area contributed by atoms with Crippen LogP contribution >= 0.6 is 23.1 Å². The number of fused-ring (bicyclic) bond motifs is 2. The molecule has 1 aliphatic rings. The van der Waals surface area contributed by atoms with E-state index in [-0.39, 0.29) is 18.3 Å². The predicted molar refractivity (Wildman–Crippen MR) is 129 cm³/mol. The summed E-state index contributed by atoms with van der Waals surface area (Å²) >= 11 is 3.04. The van der Waals surface area contributed by atoms with Gasteiger partial charge in [-0.25, -0.2) is 0 Å². The van der Waals surface area contributed by atoms with Gasteiger partial charge in [0.25, 0.3) is 0 Å². The van der Waals surface area contributed by atoms with Gasteiger partial charge < -0.3 is 18.8 Å². The third-order valence-electron chi connectivity index (χ3n) is 5.02. The van der Waals surface area contributed by atoms with Crippen LogP contribution in [0.2, 0.25) is 0 Å². The standard InChI is InChI=1S/C24H26N2O5S2/c1-3-29-23(28)8-10-26-18-14-19-20(31-12-11-30-19)15-21(18)33-24(26)25-22(27)9-13-32-17-6-4-16(2)5-7-17/h4-7,14-15H,3,8-13H2,1-2H3. The second kappa shape index (κ2) is 10.9. The van der Waals surface area contributed by atoms with Gasteiger partial charge in [0, 0.05) is 35.7 Å². The van der Waals surface area contributed by atoms with Gasteiger partial charge in [-0.05, 0) is 26.0 Å². The molecule has 0 radical (unpaired) electrons. The van der Waals surface area contributed by atoms with E-state index in [1.165, 1.54) is 16.9 Å². The van der Waals surface area contributed by atoms with Crippen LogP contribution in [0.15, 0.2) is 46.3 Å². The molecule has 0 atom stereocenters. The summed E-state index contributed by atoms with van der Waals surface area (Å²) in [4.78, 5) is 30.7. The molecule has 4 rings (SSSR count). The molecule has 0 aliphatic carbocycles. The highest BCUT2D eigenvalue weighted by atomic mass is 32.2. The van der Waals surface area contributed by atoms with E-state index < -0.39 is 0 Å². The van der Waals surface area contributed by atoms with Crippen LogP contribution in [0, 0.1) is 6.92 Å². The van der Waals surface area contributed by atoms with E-state index in [1.807, 2.05) is 23.6 Å². The van der Waals surface area contributed by atoms with E-state index in [2.05, 4.69) is 29.3 Å². The monoisotopic (exact) mass is 486 g/mol. The molecule has 1 aromatic heterocycles. The minimum atomic E-state index is -0.284. The molecule has 0 N–H and O–H groups in total. The van der Waals surface area contributed by atoms with Gasteiger partial charge in [0.05, 0.1) is 23.2 Å². The molecule has 2 heterocycles. The number of esters is 1. The molecule has 1 amide bonds. The topological polar surface area (TPSA) is 79.1 Å². The molecule has 0 unspecified atom stereocenters. The van der Waals surface area contributed by atoms with Crippen molar-refractivity contribution in [1.29, 1.82) is 0 Å². The number of aryl methyl sites for hydroxylation is 2. The van der Waals surface area contributed by atoms with Gasteiger partial charge in [-0.3, -0.25) is 9.59 Å². The van der Waals surface area contributed by atoms with E-state index in [4.69, 9.17) is 14.2 Å². The van der Waals surface area contributed by atoms with E-state index >= 15 is 0 Å². The maximum Gasteiger partial charge on any atom is 0.307 e. The van der Waals surface area contributed by atoms with Crippen molar-refractivity contribution in [3.05, 3.63) is 46.8 Å². The fourth-order valence-corrected chi connectivity index (χ4v) is 5.32. The maximum atomic E-state index is 12.7. The highest BCUT2D eigenvalue weighted by molar-refractivity contribution is 7.99. The van der Waals surface area contributed by atoms with Gasteiger partial charge in [-0.2, -0.15) is 4.99 Å². The molecule has 0 saturated heterocycles. The molecule has 33 heavy (non-hydrogen) atoms. The summed E-state index contributed by atoms with van der Waals surface area (Å²) in [7, 11) is 0. The molecule has 2 aromatic carbocycles. The smallest absolute Gasteiger partial charge is 0.307 e. The Bertz CT molecular complexity index is 1210. The Morgan fingerprint density at radius 2 is 1.85 bits per heavy atom. The predicted octanol–water partition coefficient (Wildman–Crippen LogP) is 4.35. The summed E-state index contributed by atoms with van der Waals surface area (Å²) < 4.78 is 19.3. The summed E-state index contributed by atoms with van der Waals surface area (Å²) in [6, 6.07) is 12.0. The molecule has 7 nitrogen and oxygen atoms in total. The first-order chi connectivity index (χ1) is 16.0. The number of nitrogens with zero attached hydrogens (tertiary/aromatic N) is 2. The number of aromatic nitrogens is 1. The largest absolute Gasteiger partial charge is 0.486 e. The Morgan fingerprint density at radius 1 is 1.12 bits per heavy atom. The second-order valence-electron chi connectivity index (χ2n) is 7.47. The van der Waals surface area contributed by atoms with Crippen molar-refractivity contribution in [3.63, 3.8) is 0 Å². The molecule has 0 fully saturated rings. The van der Waals surface area contributed by atoms with Gasteiger partial charge in [-0.15, -0.1) is 11.8 Å². The number of rotatable bonds is 8. The maximum absolute atomic E-state index is 12.7. The number of benzene rings is 2. The number of thioether (sulfide) groups is 1. The Kier molecular flexibility index (Phi) is 7.72. The number of amides is 1. The fourth-order valence-electron chi connectivity index (χ4n) is 3.40.